The molecular weight excluding hydrogens is 352 g/mol. The molecule has 1 atom stereocenters. The second-order valence-electron chi connectivity index (χ2n) is 7.26. The van der Waals surface area contributed by atoms with Crippen molar-refractivity contribution in [3.8, 4) is 11.3 Å². The van der Waals surface area contributed by atoms with E-state index in [0.717, 1.165) is 60.9 Å². The van der Waals surface area contributed by atoms with E-state index in [1.54, 1.807) is 6.26 Å². The summed E-state index contributed by atoms with van der Waals surface area (Å²) in [4.78, 5) is 23.6. The first-order chi connectivity index (χ1) is 13.7. The second kappa shape index (κ2) is 8.35. The number of benzene rings is 1. The summed E-state index contributed by atoms with van der Waals surface area (Å²) in [5.41, 5.74) is 2.89. The number of hydrogen-bond acceptors (Lipinski definition) is 5. The molecule has 0 aliphatic carbocycles. The maximum Gasteiger partial charge on any atom is 0.228 e. The highest BCUT2D eigenvalue weighted by molar-refractivity contribution is 5.93. The first kappa shape index (κ1) is 18.4. The molecule has 0 bridgehead atoms. The van der Waals surface area contributed by atoms with Gasteiger partial charge in [-0.15, -0.1) is 0 Å². The Kier molecular flexibility index (Phi) is 5.48. The van der Waals surface area contributed by atoms with Gasteiger partial charge in [-0.3, -0.25) is 9.69 Å². The molecule has 1 amide bonds. The van der Waals surface area contributed by atoms with Crippen LogP contribution in [-0.2, 0) is 11.3 Å². The Morgan fingerprint density at radius 2 is 2.00 bits per heavy atom. The van der Waals surface area contributed by atoms with Gasteiger partial charge in [0.05, 0.1) is 12.2 Å². The number of aromatic nitrogens is 2. The number of carbonyl (C=O) groups is 1. The van der Waals surface area contributed by atoms with Crippen molar-refractivity contribution < 1.29 is 9.21 Å². The normalized spacial score (nSPS) is 17.4. The molecule has 4 rings (SSSR count). The number of likely N-dealkylation sites (tertiary alicyclic amines) is 1. The van der Waals surface area contributed by atoms with Gasteiger partial charge in [0.15, 0.2) is 0 Å². The van der Waals surface area contributed by atoms with Gasteiger partial charge in [0, 0.05) is 42.3 Å². The Hall–Kier alpha value is -2.99. The number of piperidine rings is 1. The SMILES string of the molecule is Cc1ncc(CN2CCCC(C(=O)Nc3ccc(-c4ccco4)cc3)C2)cn1. The van der Waals surface area contributed by atoms with E-state index in [-0.39, 0.29) is 11.8 Å². The van der Waals surface area contributed by atoms with Crippen LogP contribution in [0.1, 0.15) is 24.2 Å². The molecule has 28 heavy (non-hydrogen) atoms. The van der Waals surface area contributed by atoms with Gasteiger partial charge in [0.25, 0.3) is 0 Å². The number of anilines is 1. The zero-order chi connectivity index (χ0) is 19.3. The number of carbonyl (C=O) groups excluding carboxylic acids is 1. The van der Waals surface area contributed by atoms with Crippen molar-refractivity contribution in [1.29, 1.82) is 0 Å². The second-order valence-corrected chi connectivity index (χ2v) is 7.26. The van der Waals surface area contributed by atoms with E-state index in [4.69, 9.17) is 4.42 Å². The fraction of sp³-hybridized carbons (Fsp3) is 0.318. The van der Waals surface area contributed by atoms with Crippen molar-refractivity contribution in [3.63, 3.8) is 0 Å². The first-order valence-electron chi connectivity index (χ1n) is 9.62. The smallest absolute Gasteiger partial charge is 0.228 e. The summed E-state index contributed by atoms with van der Waals surface area (Å²) in [5.74, 6) is 1.67. The minimum atomic E-state index is -0.00938. The molecule has 1 aliphatic heterocycles. The highest BCUT2D eigenvalue weighted by atomic mass is 16.3. The number of amides is 1. The lowest BCUT2D eigenvalue weighted by Gasteiger charge is -2.31. The van der Waals surface area contributed by atoms with Crippen LogP contribution in [0.25, 0.3) is 11.3 Å². The first-order valence-corrected chi connectivity index (χ1v) is 9.62. The summed E-state index contributed by atoms with van der Waals surface area (Å²) in [7, 11) is 0. The highest BCUT2D eigenvalue weighted by Gasteiger charge is 2.26. The van der Waals surface area contributed by atoms with E-state index in [9.17, 15) is 4.79 Å². The molecule has 0 spiro atoms. The minimum Gasteiger partial charge on any atom is -0.464 e. The number of hydrogen-bond donors (Lipinski definition) is 1. The molecule has 1 aromatic carbocycles. The standard InChI is InChI=1S/C22H24N4O2/c1-16-23-12-17(13-24-16)14-26-10-2-4-19(15-26)22(27)25-20-8-6-18(7-9-20)21-5-3-11-28-21/h3,5-9,11-13,19H,2,4,10,14-15H2,1H3,(H,25,27). The van der Waals surface area contributed by atoms with Gasteiger partial charge >= 0.3 is 0 Å². The number of furan rings is 1. The van der Waals surface area contributed by atoms with E-state index >= 15 is 0 Å². The van der Waals surface area contributed by atoms with E-state index in [1.807, 2.05) is 55.7 Å². The van der Waals surface area contributed by atoms with Gasteiger partial charge < -0.3 is 9.73 Å². The van der Waals surface area contributed by atoms with Gasteiger partial charge in [0.1, 0.15) is 11.6 Å². The molecule has 1 N–H and O–H groups in total. The lowest BCUT2D eigenvalue weighted by Crippen LogP contribution is -2.40. The van der Waals surface area contributed by atoms with Crippen LogP contribution >= 0.6 is 0 Å². The lowest BCUT2D eigenvalue weighted by atomic mass is 9.96. The van der Waals surface area contributed by atoms with Gasteiger partial charge in [-0.25, -0.2) is 9.97 Å². The third-order valence-corrected chi connectivity index (χ3v) is 5.08. The van der Waals surface area contributed by atoms with Gasteiger partial charge in [0.2, 0.25) is 5.91 Å². The fourth-order valence-electron chi connectivity index (χ4n) is 3.58. The van der Waals surface area contributed by atoms with Crippen molar-refractivity contribution >= 4 is 11.6 Å². The molecule has 0 radical (unpaired) electrons. The predicted molar refractivity (Wildman–Crippen MR) is 108 cm³/mol. The number of rotatable bonds is 5. The highest BCUT2D eigenvalue weighted by Crippen LogP contribution is 2.23. The van der Waals surface area contributed by atoms with Crippen molar-refractivity contribution in [1.82, 2.24) is 14.9 Å². The van der Waals surface area contributed by atoms with E-state index in [1.165, 1.54) is 0 Å². The van der Waals surface area contributed by atoms with Crippen LogP contribution in [0.15, 0.2) is 59.5 Å². The fourth-order valence-corrected chi connectivity index (χ4v) is 3.58. The summed E-state index contributed by atoms with van der Waals surface area (Å²) in [6, 6.07) is 11.5. The lowest BCUT2D eigenvalue weighted by molar-refractivity contribution is -0.121. The molecule has 1 fully saturated rings. The van der Waals surface area contributed by atoms with E-state index < -0.39 is 0 Å². The topological polar surface area (TPSA) is 71.3 Å². The van der Waals surface area contributed by atoms with E-state index in [2.05, 4.69) is 20.2 Å². The minimum absolute atomic E-state index is 0.00938. The average Bonchev–Trinajstić information content (AvgIpc) is 3.25. The van der Waals surface area contributed by atoms with Crippen LogP contribution in [0.3, 0.4) is 0 Å². The third-order valence-electron chi connectivity index (χ3n) is 5.08. The predicted octanol–water partition coefficient (Wildman–Crippen LogP) is 3.90. The Bertz CT molecular complexity index is 905. The third kappa shape index (κ3) is 4.46. The van der Waals surface area contributed by atoms with Gasteiger partial charge in [-0.05, 0) is 62.7 Å². The van der Waals surface area contributed by atoms with Crippen LogP contribution in [0.5, 0.6) is 0 Å². The molecule has 3 heterocycles. The number of nitrogens with one attached hydrogen (secondary N) is 1. The van der Waals surface area contributed by atoms with Crippen LogP contribution < -0.4 is 5.32 Å². The average molecular weight is 376 g/mol. The van der Waals surface area contributed by atoms with Crippen LogP contribution in [0.2, 0.25) is 0 Å². The monoisotopic (exact) mass is 376 g/mol. The van der Waals surface area contributed by atoms with Crippen molar-refractivity contribution in [2.45, 2.75) is 26.3 Å². The number of nitrogens with zero attached hydrogens (tertiary/aromatic N) is 3. The van der Waals surface area contributed by atoms with Crippen LogP contribution in [-0.4, -0.2) is 33.9 Å². The van der Waals surface area contributed by atoms with Crippen molar-refractivity contribution in [3.05, 3.63) is 66.4 Å². The maximum absolute atomic E-state index is 12.7. The maximum atomic E-state index is 12.7. The molecule has 144 valence electrons. The summed E-state index contributed by atoms with van der Waals surface area (Å²) in [5, 5.41) is 3.06. The quantitative estimate of drug-likeness (QED) is 0.731. The van der Waals surface area contributed by atoms with Crippen molar-refractivity contribution in [2.75, 3.05) is 18.4 Å². The molecule has 2 aromatic heterocycles. The Morgan fingerprint density at radius 1 is 1.21 bits per heavy atom. The Morgan fingerprint density at radius 3 is 2.71 bits per heavy atom. The molecular formula is C22H24N4O2. The molecule has 6 nitrogen and oxygen atoms in total. The molecule has 1 saturated heterocycles. The van der Waals surface area contributed by atoms with Gasteiger partial charge in [-0.1, -0.05) is 0 Å². The molecule has 0 saturated carbocycles. The van der Waals surface area contributed by atoms with Crippen LogP contribution in [0.4, 0.5) is 5.69 Å². The van der Waals surface area contributed by atoms with Crippen molar-refractivity contribution in [2.24, 2.45) is 5.92 Å². The summed E-state index contributed by atoms with van der Waals surface area (Å²) in [6.45, 7) is 4.41. The summed E-state index contributed by atoms with van der Waals surface area (Å²) in [6.07, 6.45) is 7.32. The molecule has 6 heteroatoms. The molecule has 1 aliphatic rings. The summed E-state index contributed by atoms with van der Waals surface area (Å²) < 4.78 is 5.40. The molecule has 1 unspecified atom stereocenters. The Labute approximate surface area is 164 Å². The zero-order valence-corrected chi connectivity index (χ0v) is 16.0. The molecule has 3 aromatic rings. The van der Waals surface area contributed by atoms with Gasteiger partial charge in [-0.2, -0.15) is 0 Å². The number of aryl methyl sites for hydroxylation is 1. The summed E-state index contributed by atoms with van der Waals surface area (Å²) >= 11 is 0. The van der Waals surface area contributed by atoms with E-state index in [0.29, 0.717) is 0 Å². The Balaban J connectivity index is 1.34. The zero-order valence-electron chi connectivity index (χ0n) is 16.0. The van der Waals surface area contributed by atoms with Crippen LogP contribution in [0, 0.1) is 12.8 Å². The largest absolute Gasteiger partial charge is 0.464 e.